The number of benzene rings is 1. The molecule has 1 saturated carbocycles. The van der Waals surface area contributed by atoms with E-state index in [0.717, 1.165) is 25.3 Å². The lowest BCUT2D eigenvalue weighted by Gasteiger charge is -2.34. The van der Waals surface area contributed by atoms with Gasteiger partial charge in [0.2, 0.25) is 0 Å². The van der Waals surface area contributed by atoms with E-state index in [-0.39, 0.29) is 17.5 Å². The highest BCUT2D eigenvalue weighted by Gasteiger charge is 2.36. The Balaban J connectivity index is 2.18. The largest absolute Gasteiger partial charge is 0.417 e. The van der Waals surface area contributed by atoms with E-state index in [1.165, 1.54) is 18.2 Å². The summed E-state index contributed by atoms with van der Waals surface area (Å²) in [7, 11) is 0. The molecule has 0 heterocycles. The van der Waals surface area contributed by atoms with Crippen molar-refractivity contribution < 1.29 is 18.0 Å². The average molecular weight is 299 g/mol. The Bertz CT molecular complexity index is 512. The van der Waals surface area contributed by atoms with Gasteiger partial charge in [0.05, 0.1) is 11.1 Å². The van der Waals surface area contributed by atoms with E-state index >= 15 is 0 Å². The molecule has 0 aromatic heterocycles. The van der Waals surface area contributed by atoms with Crippen molar-refractivity contribution in [3.63, 3.8) is 0 Å². The van der Waals surface area contributed by atoms with Crippen molar-refractivity contribution in [1.29, 1.82) is 0 Å². The van der Waals surface area contributed by atoms with Crippen LogP contribution >= 0.6 is 0 Å². The van der Waals surface area contributed by atoms with Crippen molar-refractivity contribution in [1.82, 2.24) is 5.32 Å². The second kappa shape index (κ2) is 6.08. The quantitative estimate of drug-likeness (QED) is 0.868. The summed E-state index contributed by atoms with van der Waals surface area (Å²) in [6.45, 7) is 4.16. The molecule has 1 aromatic rings. The van der Waals surface area contributed by atoms with Gasteiger partial charge in [0.1, 0.15) is 0 Å². The zero-order chi connectivity index (χ0) is 15.6. The lowest BCUT2D eigenvalue weighted by molar-refractivity contribution is -0.137. The number of hydrogen-bond acceptors (Lipinski definition) is 1. The first kappa shape index (κ1) is 15.9. The van der Waals surface area contributed by atoms with Crippen molar-refractivity contribution in [3.8, 4) is 0 Å². The third-order valence-corrected chi connectivity index (χ3v) is 4.50. The molecule has 1 amide bonds. The lowest BCUT2D eigenvalue weighted by atomic mass is 9.78. The maximum absolute atomic E-state index is 12.9. The van der Waals surface area contributed by atoms with E-state index in [1.54, 1.807) is 0 Å². The fourth-order valence-corrected chi connectivity index (χ4v) is 2.96. The lowest BCUT2D eigenvalue weighted by Crippen LogP contribution is -2.44. The molecule has 2 nitrogen and oxygen atoms in total. The van der Waals surface area contributed by atoms with Crippen LogP contribution in [0.25, 0.3) is 0 Å². The smallest absolute Gasteiger partial charge is 0.349 e. The number of rotatable bonds is 2. The molecule has 1 aliphatic rings. The summed E-state index contributed by atoms with van der Waals surface area (Å²) in [5, 5.41) is 2.79. The Labute approximate surface area is 122 Å². The molecule has 0 radical (unpaired) electrons. The van der Waals surface area contributed by atoms with Crippen LogP contribution in [0.2, 0.25) is 0 Å². The molecule has 0 spiro atoms. The van der Waals surface area contributed by atoms with Crippen LogP contribution in [0.3, 0.4) is 0 Å². The average Bonchev–Trinajstić information content (AvgIpc) is 2.43. The van der Waals surface area contributed by atoms with Gasteiger partial charge in [0, 0.05) is 6.04 Å². The molecule has 0 unspecified atom stereocenters. The molecule has 3 atom stereocenters. The van der Waals surface area contributed by atoms with Crippen LogP contribution in [0, 0.1) is 11.8 Å². The highest BCUT2D eigenvalue weighted by atomic mass is 19.4. The molecular weight excluding hydrogens is 279 g/mol. The molecule has 1 aromatic carbocycles. The van der Waals surface area contributed by atoms with Gasteiger partial charge >= 0.3 is 6.18 Å². The van der Waals surface area contributed by atoms with Crippen LogP contribution in [0.4, 0.5) is 13.2 Å². The van der Waals surface area contributed by atoms with Gasteiger partial charge in [0.15, 0.2) is 0 Å². The van der Waals surface area contributed by atoms with Gasteiger partial charge < -0.3 is 5.32 Å². The molecular formula is C16H20F3NO. The number of halogens is 3. The van der Waals surface area contributed by atoms with Crippen molar-refractivity contribution >= 4 is 5.91 Å². The third kappa shape index (κ3) is 3.57. The van der Waals surface area contributed by atoms with E-state index in [4.69, 9.17) is 0 Å². The second-order valence-corrected chi connectivity index (χ2v) is 5.89. The van der Waals surface area contributed by atoms with Crippen LogP contribution in [-0.4, -0.2) is 11.9 Å². The number of amides is 1. The SMILES string of the molecule is C[C@@H]1[C@H](C)CCC[C@H]1NC(=O)c1ccccc1C(F)(F)F. The zero-order valence-electron chi connectivity index (χ0n) is 12.2. The maximum atomic E-state index is 12.9. The highest BCUT2D eigenvalue weighted by molar-refractivity contribution is 5.96. The normalized spacial score (nSPS) is 26.4. The highest BCUT2D eigenvalue weighted by Crippen LogP contribution is 2.33. The first-order valence-electron chi connectivity index (χ1n) is 7.27. The molecule has 5 heteroatoms. The Morgan fingerprint density at radius 2 is 1.86 bits per heavy atom. The minimum Gasteiger partial charge on any atom is -0.349 e. The minimum absolute atomic E-state index is 0.0532. The first-order valence-corrected chi connectivity index (χ1v) is 7.27. The molecule has 1 aliphatic carbocycles. The summed E-state index contributed by atoms with van der Waals surface area (Å²) in [4.78, 5) is 12.2. The van der Waals surface area contributed by atoms with Gasteiger partial charge in [-0.05, 0) is 30.4 Å². The molecule has 0 bridgehead atoms. The molecule has 1 N–H and O–H groups in total. The van der Waals surface area contributed by atoms with Crippen LogP contribution in [0.15, 0.2) is 24.3 Å². The standard InChI is InChI=1S/C16H20F3NO/c1-10-6-5-9-14(11(10)2)20-15(21)12-7-3-4-8-13(12)16(17,18)19/h3-4,7-8,10-11,14H,5-6,9H2,1-2H3,(H,20,21)/t10-,11-,14-/m1/s1. The van der Waals surface area contributed by atoms with E-state index < -0.39 is 17.6 Å². The van der Waals surface area contributed by atoms with Gasteiger partial charge in [-0.1, -0.05) is 38.8 Å². The van der Waals surface area contributed by atoms with Crippen molar-refractivity contribution in [2.75, 3.05) is 0 Å². The predicted octanol–water partition coefficient (Wildman–Crippen LogP) is 4.26. The molecule has 21 heavy (non-hydrogen) atoms. The molecule has 2 rings (SSSR count). The van der Waals surface area contributed by atoms with E-state index in [0.29, 0.717) is 5.92 Å². The monoisotopic (exact) mass is 299 g/mol. The molecule has 0 saturated heterocycles. The Hall–Kier alpha value is -1.52. The van der Waals surface area contributed by atoms with Crippen LogP contribution in [0.5, 0.6) is 0 Å². The summed E-state index contributed by atoms with van der Waals surface area (Å²) in [6, 6.07) is 4.88. The Morgan fingerprint density at radius 3 is 2.52 bits per heavy atom. The van der Waals surface area contributed by atoms with Crippen LogP contribution in [0.1, 0.15) is 49.0 Å². The number of carbonyl (C=O) groups excluding carboxylic acids is 1. The predicted molar refractivity (Wildman–Crippen MR) is 74.9 cm³/mol. The van der Waals surface area contributed by atoms with Gasteiger partial charge in [-0.2, -0.15) is 13.2 Å². The summed E-state index contributed by atoms with van der Waals surface area (Å²) < 4.78 is 38.8. The van der Waals surface area contributed by atoms with Gasteiger partial charge in [-0.15, -0.1) is 0 Å². The Kier molecular flexibility index (Phi) is 4.59. The zero-order valence-corrected chi connectivity index (χ0v) is 12.2. The number of hydrogen-bond donors (Lipinski definition) is 1. The van der Waals surface area contributed by atoms with Gasteiger partial charge in [0.25, 0.3) is 5.91 Å². The van der Waals surface area contributed by atoms with Crippen LogP contribution < -0.4 is 5.32 Å². The van der Waals surface area contributed by atoms with Crippen molar-refractivity contribution in [2.45, 2.75) is 45.3 Å². The first-order chi connectivity index (χ1) is 9.80. The fourth-order valence-electron chi connectivity index (χ4n) is 2.96. The number of nitrogens with one attached hydrogen (secondary N) is 1. The van der Waals surface area contributed by atoms with E-state index in [2.05, 4.69) is 12.2 Å². The summed E-state index contributed by atoms with van der Waals surface area (Å²) >= 11 is 0. The fraction of sp³-hybridized carbons (Fsp3) is 0.562. The summed E-state index contributed by atoms with van der Waals surface area (Å²) in [5.41, 5.74) is -1.17. The Morgan fingerprint density at radius 1 is 1.19 bits per heavy atom. The molecule has 0 aliphatic heterocycles. The number of alkyl halides is 3. The van der Waals surface area contributed by atoms with Crippen molar-refractivity contribution in [2.24, 2.45) is 11.8 Å². The summed E-state index contributed by atoms with van der Waals surface area (Å²) in [6.07, 6.45) is -1.59. The summed E-state index contributed by atoms with van der Waals surface area (Å²) in [5.74, 6) is 0.122. The number of carbonyl (C=O) groups is 1. The molecule has 1 fully saturated rings. The van der Waals surface area contributed by atoms with Crippen molar-refractivity contribution in [3.05, 3.63) is 35.4 Å². The van der Waals surface area contributed by atoms with Gasteiger partial charge in [-0.25, -0.2) is 0 Å². The third-order valence-electron chi connectivity index (χ3n) is 4.50. The molecule has 116 valence electrons. The van der Waals surface area contributed by atoms with E-state index in [1.807, 2.05) is 6.92 Å². The minimum atomic E-state index is -4.51. The second-order valence-electron chi connectivity index (χ2n) is 5.89. The van der Waals surface area contributed by atoms with Crippen LogP contribution in [-0.2, 0) is 6.18 Å². The van der Waals surface area contributed by atoms with E-state index in [9.17, 15) is 18.0 Å². The maximum Gasteiger partial charge on any atom is 0.417 e. The topological polar surface area (TPSA) is 29.1 Å². The van der Waals surface area contributed by atoms with Gasteiger partial charge in [-0.3, -0.25) is 4.79 Å².